The van der Waals surface area contributed by atoms with E-state index in [-0.39, 0.29) is 17.3 Å². The molecule has 0 N–H and O–H groups in total. The summed E-state index contributed by atoms with van der Waals surface area (Å²) in [6, 6.07) is 2.96. The first-order chi connectivity index (χ1) is 7.68. The van der Waals surface area contributed by atoms with Gasteiger partial charge in [0.2, 0.25) is 0 Å². The fraction of sp³-hybridized carbons (Fsp3) is 0.417. The molecule has 0 unspecified atom stereocenters. The Labute approximate surface area is 92.2 Å². The van der Waals surface area contributed by atoms with Gasteiger partial charge in [-0.15, -0.1) is 0 Å². The van der Waals surface area contributed by atoms with E-state index in [4.69, 9.17) is 4.74 Å². The van der Waals surface area contributed by atoms with Gasteiger partial charge in [0.05, 0.1) is 5.56 Å². The Morgan fingerprint density at radius 1 is 1.25 bits per heavy atom. The van der Waals surface area contributed by atoms with Crippen LogP contribution >= 0.6 is 0 Å². The van der Waals surface area contributed by atoms with E-state index in [9.17, 15) is 13.6 Å². The number of hydrogen-bond donors (Lipinski definition) is 0. The highest BCUT2D eigenvalue weighted by Gasteiger charge is 2.25. The third kappa shape index (κ3) is 2.27. The summed E-state index contributed by atoms with van der Waals surface area (Å²) in [6.07, 6.45) is 1.16. The molecule has 0 aromatic heterocycles. The number of ketones is 1. The molecule has 2 rings (SSSR count). The van der Waals surface area contributed by atoms with Gasteiger partial charge in [0.1, 0.15) is 11.6 Å². The Hall–Kier alpha value is -1.29. The number of carbonyl (C=O) groups is 1. The molecule has 1 aromatic carbocycles. The van der Waals surface area contributed by atoms with Crippen LogP contribution in [-0.2, 0) is 4.74 Å². The van der Waals surface area contributed by atoms with Crippen LogP contribution in [-0.4, -0.2) is 19.0 Å². The van der Waals surface area contributed by atoms with E-state index >= 15 is 0 Å². The molecule has 0 bridgehead atoms. The molecule has 0 amide bonds. The van der Waals surface area contributed by atoms with Crippen LogP contribution in [0, 0.1) is 17.6 Å². The van der Waals surface area contributed by atoms with Gasteiger partial charge in [-0.05, 0) is 31.0 Å². The highest BCUT2D eigenvalue weighted by Crippen LogP contribution is 2.22. The maximum absolute atomic E-state index is 13.4. The van der Waals surface area contributed by atoms with E-state index in [2.05, 4.69) is 0 Å². The predicted molar refractivity (Wildman–Crippen MR) is 54.2 cm³/mol. The van der Waals surface area contributed by atoms with Crippen molar-refractivity contribution < 1.29 is 18.3 Å². The first-order valence-electron chi connectivity index (χ1n) is 5.25. The van der Waals surface area contributed by atoms with Crippen molar-refractivity contribution in [1.29, 1.82) is 0 Å². The minimum absolute atomic E-state index is 0.146. The van der Waals surface area contributed by atoms with Crippen LogP contribution in [0.15, 0.2) is 18.2 Å². The SMILES string of the molecule is O=C(c1cc(F)ccc1F)C1CCOCC1. The summed E-state index contributed by atoms with van der Waals surface area (Å²) in [5.74, 6) is -1.81. The fourth-order valence-corrected chi connectivity index (χ4v) is 1.87. The molecular formula is C12H12F2O2. The Morgan fingerprint density at radius 2 is 1.94 bits per heavy atom. The molecule has 1 aromatic rings. The van der Waals surface area contributed by atoms with Gasteiger partial charge in [0.25, 0.3) is 0 Å². The zero-order valence-electron chi connectivity index (χ0n) is 8.71. The summed E-state index contributed by atoms with van der Waals surface area (Å²) in [5, 5.41) is 0. The molecule has 1 heterocycles. The molecule has 0 radical (unpaired) electrons. The lowest BCUT2D eigenvalue weighted by molar-refractivity contribution is 0.0542. The molecule has 0 saturated carbocycles. The molecule has 86 valence electrons. The monoisotopic (exact) mass is 226 g/mol. The highest BCUT2D eigenvalue weighted by atomic mass is 19.1. The molecule has 1 saturated heterocycles. The molecule has 2 nitrogen and oxygen atoms in total. The van der Waals surface area contributed by atoms with Crippen LogP contribution in [0.3, 0.4) is 0 Å². The van der Waals surface area contributed by atoms with Gasteiger partial charge in [0.15, 0.2) is 5.78 Å². The number of benzene rings is 1. The van der Waals surface area contributed by atoms with E-state index in [0.717, 1.165) is 18.2 Å². The lowest BCUT2D eigenvalue weighted by Gasteiger charge is -2.20. The second-order valence-corrected chi connectivity index (χ2v) is 3.88. The second-order valence-electron chi connectivity index (χ2n) is 3.88. The maximum Gasteiger partial charge on any atom is 0.169 e. The van der Waals surface area contributed by atoms with Crippen LogP contribution in [0.25, 0.3) is 0 Å². The molecule has 1 aliphatic heterocycles. The number of rotatable bonds is 2. The van der Waals surface area contributed by atoms with Crippen molar-refractivity contribution in [1.82, 2.24) is 0 Å². The normalized spacial score (nSPS) is 17.4. The third-order valence-corrected chi connectivity index (χ3v) is 2.79. The van der Waals surface area contributed by atoms with Gasteiger partial charge < -0.3 is 4.74 Å². The van der Waals surface area contributed by atoms with E-state index in [0.29, 0.717) is 26.1 Å². The van der Waals surface area contributed by atoms with E-state index < -0.39 is 11.6 Å². The Kier molecular flexibility index (Phi) is 3.29. The number of Topliss-reactive ketones (excluding diaryl/α,β-unsaturated/α-hetero) is 1. The van der Waals surface area contributed by atoms with Gasteiger partial charge in [0, 0.05) is 19.1 Å². The topological polar surface area (TPSA) is 26.3 Å². The minimum Gasteiger partial charge on any atom is -0.381 e. The number of ether oxygens (including phenoxy) is 1. The van der Waals surface area contributed by atoms with Crippen molar-refractivity contribution in [2.45, 2.75) is 12.8 Å². The molecule has 4 heteroatoms. The smallest absolute Gasteiger partial charge is 0.169 e. The van der Waals surface area contributed by atoms with Crippen molar-refractivity contribution in [3.63, 3.8) is 0 Å². The number of carbonyl (C=O) groups excluding carboxylic acids is 1. The van der Waals surface area contributed by atoms with Gasteiger partial charge in [-0.1, -0.05) is 0 Å². The first-order valence-corrected chi connectivity index (χ1v) is 5.25. The summed E-state index contributed by atoms with van der Waals surface area (Å²) in [7, 11) is 0. The van der Waals surface area contributed by atoms with E-state index in [1.165, 1.54) is 0 Å². The number of hydrogen-bond acceptors (Lipinski definition) is 2. The van der Waals surface area contributed by atoms with Crippen molar-refractivity contribution in [3.8, 4) is 0 Å². The molecule has 16 heavy (non-hydrogen) atoms. The summed E-state index contributed by atoms with van der Waals surface area (Å²) < 4.78 is 31.4. The van der Waals surface area contributed by atoms with Crippen LogP contribution in [0.4, 0.5) is 8.78 Å². The molecule has 0 spiro atoms. The second kappa shape index (κ2) is 4.70. The summed E-state index contributed by atoms with van der Waals surface area (Å²) >= 11 is 0. The Morgan fingerprint density at radius 3 is 2.62 bits per heavy atom. The summed E-state index contributed by atoms with van der Waals surface area (Å²) in [4.78, 5) is 11.9. The fourth-order valence-electron chi connectivity index (χ4n) is 1.87. The standard InChI is InChI=1S/C12H12F2O2/c13-9-1-2-11(14)10(7-9)12(15)8-3-5-16-6-4-8/h1-2,7-8H,3-6H2. The quantitative estimate of drug-likeness (QED) is 0.724. The number of halogens is 2. The van der Waals surface area contributed by atoms with Crippen LogP contribution < -0.4 is 0 Å². The van der Waals surface area contributed by atoms with Crippen molar-refractivity contribution in [3.05, 3.63) is 35.4 Å². The third-order valence-electron chi connectivity index (χ3n) is 2.79. The Bertz CT molecular complexity index is 398. The average molecular weight is 226 g/mol. The molecule has 0 atom stereocenters. The molecule has 0 aliphatic carbocycles. The first kappa shape index (κ1) is 11.2. The van der Waals surface area contributed by atoms with Gasteiger partial charge in [-0.25, -0.2) is 8.78 Å². The zero-order chi connectivity index (χ0) is 11.5. The maximum atomic E-state index is 13.4. The highest BCUT2D eigenvalue weighted by molar-refractivity contribution is 5.98. The predicted octanol–water partition coefficient (Wildman–Crippen LogP) is 2.57. The lowest BCUT2D eigenvalue weighted by atomic mass is 9.91. The van der Waals surface area contributed by atoms with E-state index in [1.54, 1.807) is 0 Å². The van der Waals surface area contributed by atoms with E-state index in [1.807, 2.05) is 0 Å². The lowest BCUT2D eigenvalue weighted by Crippen LogP contribution is -2.24. The molecular weight excluding hydrogens is 214 g/mol. The molecule has 1 aliphatic rings. The van der Waals surface area contributed by atoms with Crippen molar-refractivity contribution >= 4 is 5.78 Å². The molecule has 1 fully saturated rings. The van der Waals surface area contributed by atoms with Gasteiger partial charge in [-0.2, -0.15) is 0 Å². The minimum atomic E-state index is -0.655. The van der Waals surface area contributed by atoms with Crippen LogP contribution in [0.1, 0.15) is 23.2 Å². The van der Waals surface area contributed by atoms with Crippen LogP contribution in [0.5, 0.6) is 0 Å². The summed E-state index contributed by atoms with van der Waals surface area (Å²) in [5.41, 5.74) is -0.146. The van der Waals surface area contributed by atoms with Gasteiger partial charge >= 0.3 is 0 Å². The average Bonchev–Trinajstić information content (AvgIpc) is 2.32. The van der Waals surface area contributed by atoms with Gasteiger partial charge in [-0.3, -0.25) is 4.79 Å². The Balaban J connectivity index is 2.22. The van der Waals surface area contributed by atoms with Crippen molar-refractivity contribution in [2.75, 3.05) is 13.2 Å². The zero-order valence-corrected chi connectivity index (χ0v) is 8.71. The van der Waals surface area contributed by atoms with Crippen molar-refractivity contribution in [2.24, 2.45) is 5.92 Å². The van der Waals surface area contributed by atoms with Crippen LogP contribution in [0.2, 0.25) is 0 Å². The summed E-state index contributed by atoms with van der Waals surface area (Å²) in [6.45, 7) is 1.01. The largest absolute Gasteiger partial charge is 0.381 e.